The first-order valence-electron chi connectivity index (χ1n) is 6.23. The van der Waals surface area contributed by atoms with Crippen LogP contribution in [0.15, 0.2) is 53.8 Å². The van der Waals surface area contributed by atoms with Gasteiger partial charge in [0.15, 0.2) is 0 Å². The molecule has 0 bridgehead atoms. The van der Waals surface area contributed by atoms with E-state index in [1.165, 1.54) is 16.4 Å². The van der Waals surface area contributed by atoms with Crippen LogP contribution >= 0.6 is 23.4 Å². The second-order valence-electron chi connectivity index (χ2n) is 4.31. The van der Waals surface area contributed by atoms with Gasteiger partial charge in [0.25, 0.3) is 0 Å². The van der Waals surface area contributed by atoms with Crippen LogP contribution in [-0.4, -0.2) is 19.9 Å². The maximum Gasteiger partial charge on any atom is 0.210 e. The zero-order valence-electron chi connectivity index (χ0n) is 11.0. The van der Waals surface area contributed by atoms with Crippen LogP contribution in [0.2, 0.25) is 5.02 Å². The number of aromatic nitrogens is 4. The fraction of sp³-hybridized carbons (Fsp3) is 0.0714. The van der Waals surface area contributed by atoms with Crippen LogP contribution in [0.4, 0.5) is 0 Å². The van der Waals surface area contributed by atoms with Gasteiger partial charge in [0.1, 0.15) is 5.69 Å². The molecule has 1 aromatic carbocycles. The van der Waals surface area contributed by atoms with Gasteiger partial charge in [0.05, 0.1) is 0 Å². The van der Waals surface area contributed by atoms with E-state index in [2.05, 4.69) is 15.2 Å². The first-order chi connectivity index (χ1) is 10.2. The molecule has 2 N–H and O–H groups in total. The van der Waals surface area contributed by atoms with Crippen molar-refractivity contribution in [3.8, 4) is 11.5 Å². The minimum atomic E-state index is 0.546. The standard InChI is InChI=1S/C14H12ClN5S/c15-11-5-3-4-10(8-11)9-21-14-19-18-13(20(14)16)12-6-1-2-7-17-12/h1-8H,9,16H2. The van der Waals surface area contributed by atoms with E-state index in [4.69, 9.17) is 17.4 Å². The van der Waals surface area contributed by atoms with E-state index in [1.54, 1.807) is 6.20 Å². The molecule has 21 heavy (non-hydrogen) atoms. The molecule has 0 saturated heterocycles. The Balaban J connectivity index is 1.77. The summed E-state index contributed by atoms with van der Waals surface area (Å²) in [6.45, 7) is 0. The van der Waals surface area contributed by atoms with E-state index in [-0.39, 0.29) is 0 Å². The molecule has 0 saturated carbocycles. The molecule has 0 aliphatic heterocycles. The Morgan fingerprint density at radius 3 is 2.81 bits per heavy atom. The Labute approximate surface area is 131 Å². The first-order valence-corrected chi connectivity index (χ1v) is 7.59. The van der Waals surface area contributed by atoms with Crippen LogP contribution in [-0.2, 0) is 5.75 Å². The third kappa shape index (κ3) is 3.17. The lowest BCUT2D eigenvalue weighted by Gasteiger charge is -2.03. The maximum atomic E-state index is 6.03. The lowest BCUT2D eigenvalue weighted by molar-refractivity contribution is 0.848. The first kappa shape index (κ1) is 13.9. The van der Waals surface area contributed by atoms with Crippen molar-refractivity contribution in [2.24, 2.45) is 0 Å². The molecule has 3 aromatic rings. The van der Waals surface area contributed by atoms with Gasteiger partial charge in [-0.2, -0.15) is 0 Å². The second kappa shape index (κ2) is 6.15. The molecule has 0 spiro atoms. The van der Waals surface area contributed by atoms with Crippen LogP contribution < -0.4 is 5.84 Å². The Hall–Kier alpha value is -2.05. The molecule has 2 heterocycles. The highest BCUT2D eigenvalue weighted by molar-refractivity contribution is 7.98. The average molecular weight is 318 g/mol. The number of thioether (sulfide) groups is 1. The van der Waals surface area contributed by atoms with Crippen molar-refractivity contribution in [2.75, 3.05) is 5.84 Å². The monoisotopic (exact) mass is 317 g/mol. The SMILES string of the molecule is Nn1c(SCc2cccc(Cl)c2)nnc1-c1ccccn1. The van der Waals surface area contributed by atoms with E-state index in [0.29, 0.717) is 16.7 Å². The molecule has 0 radical (unpaired) electrons. The molecule has 0 aliphatic carbocycles. The quantitative estimate of drug-likeness (QED) is 0.591. The highest BCUT2D eigenvalue weighted by Crippen LogP contribution is 2.24. The van der Waals surface area contributed by atoms with Gasteiger partial charge in [0.2, 0.25) is 11.0 Å². The number of hydrogen-bond donors (Lipinski definition) is 1. The Morgan fingerprint density at radius 1 is 1.14 bits per heavy atom. The van der Waals surface area contributed by atoms with Crippen molar-refractivity contribution in [1.29, 1.82) is 0 Å². The number of nitrogens with zero attached hydrogens (tertiary/aromatic N) is 4. The van der Waals surface area contributed by atoms with Crippen molar-refractivity contribution in [3.05, 3.63) is 59.2 Å². The molecule has 3 rings (SSSR count). The summed E-state index contributed by atoms with van der Waals surface area (Å²) in [5.41, 5.74) is 1.80. The van der Waals surface area contributed by atoms with Crippen molar-refractivity contribution in [1.82, 2.24) is 19.9 Å². The minimum Gasteiger partial charge on any atom is -0.335 e. The van der Waals surface area contributed by atoms with Gasteiger partial charge >= 0.3 is 0 Å². The maximum absolute atomic E-state index is 6.03. The predicted octanol–water partition coefficient (Wildman–Crippen LogP) is 3.00. The summed E-state index contributed by atoms with van der Waals surface area (Å²) in [5.74, 6) is 7.30. The molecule has 2 aromatic heterocycles. The van der Waals surface area contributed by atoms with Gasteiger partial charge in [0, 0.05) is 17.0 Å². The van der Waals surface area contributed by atoms with Crippen molar-refractivity contribution >= 4 is 23.4 Å². The van der Waals surface area contributed by atoms with E-state index in [1.807, 2.05) is 42.5 Å². The summed E-state index contributed by atoms with van der Waals surface area (Å²) in [7, 11) is 0. The summed E-state index contributed by atoms with van der Waals surface area (Å²) in [6, 6.07) is 13.3. The van der Waals surface area contributed by atoms with Gasteiger partial charge in [-0.05, 0) is 29.8 Å². The Morgan fingerprint density at radius 2 is 2.05 bits per heavy atom. The fourth-order valence-electron chi connectivity index (χ4n) is 1.82. The number of rotatable bonds is 4. The predicted molar refractivity (Wildman–Crippen MR) is 84.4 cm³/mol. The van der Waals surface area contributed by atoms with Crippen LogP contribution in [0.3, 0.4) is 0 Å². The molecule has 0 fully saturated rings. The number of nitrogen functional groups attached to an aromatic ring is 1. The third-order valence-electron chi connectivity index (χ3n) is 2.82. The molecule has 5 nitrogen and oxygen atoms in total. The summed E-state index contributed by atoms with van der Waals surface area (Å²) in [5, 5.41) is 9.56. The average Bonchev–Trinajstić information content (AvgIpc) is 2.87. The number of nitrogens with two attached hydrogens (primary N) is 1. The summed E-state index contributed by atoms with van der Waals surface area (Å²) >= 11 is 7.47. The van der Waals surface area contributed by atoms with Gasteiger partial charge in [-0.15, -0.1) is 10.2 Å². The molecular weight excluding hydrogens is 306 g/mol. The molecule has 0 amide bonds. The summed E-state index contributed by atoms with van der Waals surface area (Å²) in [6.07, 6.45) is 1.70. The summed E-state index contributed by atoms with van der Waals surface area (Å²) < 4.78 is 1.46. The number of hydrogen-bond acceptors (Lipinski definition) is 5. The lowest BCUT2D eigenvalue weighted by Crippen LogP contribution is -2.12. The smallest absolute Gasteiger partial charge is 0.210 e. The second-order valence-corrected chi connectivity index (χ2v) is 5.69. The van der Waals surface area contributed by atoms with Gasteiger partial charge in [-0.1, -0.05) is 41.6 Å². The zero-order chi connectivity index (χ0) is 14.7. The molecule has 106 valence electrons. The molecule has 7 heteroatoms. The van der Waals surface area contributed by atoms with Crippen molar-refractivity contribution in [2.45, 2.75) is 10.9 Å². The van der Waals surface area contributed by atoms with E-state index < -0.39 is 0 Å². The van der Waals surface area contributed by atoms with Crippen LogP contribution in [0.5, 0.6) is 0 Å². The normalized spacial score (nSPS) is 10.7. The van der Waals surface area contributed by atoms with Gasteiger partial charge in [-0.3, -0.25) is 4.98 Å². The van der Waals surface area contributed by atoms with Gasteiger partial charge < -0.3 is 5.84 Å². The van der Waals surface area contributed by atoms with Gasteiger partial charge in [-0.25, -0.2) is 4.68 Å². The third-order valence-corrected chi connectivity index (χ3v) is 4.06. The van der Waals surface area contributed by atoms with Crippen molar-refractivity contribution in [3.63, 3.8) is 0 Å². The number of halogens is 1. The highest BCUT2D eigenvalue weighted by atomic mass is 35.5. The van der Waals surface area contributed by atoms with E-state index >= 15 is 0 Å². The Kier molecular flexibility index (Phi) is 4.08. The minimum absolute atomic E-state index is 0.546. The topological polar surface area (TPSA) is 69.6 Å². The van der Waals surface area contributed by atoms with Crippen LogP contribution in [0.1, 0.15) is 5.56 Å². The largest absolute Gasteiger partial charge is 0.335 e. The molecular formula is C14H12ClN5S. The number of pyridine rings is 1. The Bertz CT molecular complexity index is 744. The molecule has 0 aliphatic rings. The van der Waals surface area contributed by atoms with Crippen LogP contribution in [0.25, 0.3) is 11.5 Å². The van der Waals surface area contributed by atoms with E-state index in [0.717, 1.165) is 16.3 Å². The number of benzene rings is 1. The molecule has 0 unspecified atom stereocenters. The fourth-order valence-corrected chi connectivity index (χ4v) is 2.83. The summed E-state index contributed by atoms with van der Waals surface area (Å²) in [4.78, 5) is 4.22. The van der Waals surface area contributed by atoms with Crippen LogP contribution in [0, 0.1) is 0 Å². The van der Waals surface area contributed by atoms with Crippen molar-refractivity contribution < 1.29 is 0 Å². The van der Waals surface area contributed by atoms with E-state index in [9.17, 15) is 0 Å². The zero-order valence-corrected chi connectivity index (χ0v) is 12.6. The lowest BCUT2D eigenvalue weighted by atomic mass is 10.2. The highest BCUT2D eigenvalue weighted by Gasteiger charge is 2.12. The molecule has 0 atom stereocenters.